The topological polar surface area (TPSA) is 85.5 Å². The summed E-state index contributed by atoms with van der Waals surface area (Å²) in [5.74, 6) is -3.63. The highest BCUT2D eigenvalue weighted by Gasteiger charge is 2.29. The van der Waals surface area contributed by atoms with Crippen LogP contribution in [0.15, 0.2) is 200 Å². The minimum atomic E-state index is -2.18. The van der Waals surface area contributed by atoms with Gasteiger partial charge in [0.15, 0.2) is 24.8 Å². The van der Waals surface area contributed by atoms with Crippen LogP contribution in [0.3, 0.4) is 0 Å². The zero-order valence-electron chi connectivity index (χ0n) is 73.7. The molecule has 0 amide bonds. The molecule has 0 atom stereocenters. The molecule has 0 unspecified atom stereocenters. The van der Waals surface area contributed by atoms with Gasteiger partial charge in [0.2, 0.25) is 45.5 Å². The Labute approximate surface area is 636 Å². The number of benzene rings is 8. The molecule has 0 aliphatic rings. The Kier molecular flexibility index (Phi) is 16.1. The summed E-state index contributed by atoms with van der Waals surface area (Å²) in [4.78, 5) is 14.9. The van der Waals surface area contributed by atoms with E-state index in [9.17, 15) is 0 Å². The third kappa shape index (κ3) is 12.6. The van der Waals surface area contributed by atoms with Crippen LogP contribution in [0, 0.1) is 67.8 Å². The number of hydrogen-bond donors (Lipinski definition) is 0. The number of hydrogen-bond acceptors (Lipinski definition) is 4. The van der Waals surface area contributed by atoms with Crippen LogP contribution in [0.4, 0.5) is 22.7 Å². The first-order chi connectivity index (χ1) is 55.0. The molecule has 0 N–H and O–H groups in total. The summed E-state index contributed by atoms with van der Waals surface area (Å²) in [5, 5.41) is 7.03. The second-order valence-corrected chi connectivity index (χ2v) is 28.0. The summed E-state index contributed by atoms with van der Waals surface area (Å²) in [6.45, 7) is 52.9. The van der Waals surface area contributed by atoms with Crippen LogP contribution in [-0.4, -0.2) is 0 Å². The Morgan fingerprint density at radius 1 is 0.349 bits per heavy atom. The van der Waals surface area contributed by atoms with Crippen molar-refractivity contribution in [2.45, 2.75) is 120 Å². The molecule has 0 bridgehead atoms. The fourth-order valence-corrected chi connectivity index (χ4v) is 14.4. The van der Waals surface area contributed by atoms with E-state index >= 15 is 0 Å². The van der Waals surface area contributed by atoms with Crippen molar-refractivity contribution >= 4 is 111 Å². The van der Waals surface area contributed by atoms with Crippen molar-refractivity contribution in [3.05, 3.63) is 284 Å². The van der Waals surface area contributed by atoms with E-state index in [2.05, 4.69) is 97.9 Å². The number of aromatic nitrogens is 4. The van der Waals surface area contributed by atoms with Crippen molar-refractivity contribution in [1.82, 2.24) is 0 Å². The van der Waals surface area contributed by atoms with Crippen molar-refractivity contribution < 1.29 is 51.0 Å². The molecule has 106 heavy (non-hydrogen) atoms. The van der Waals surface area contributed by atoms with E-state index in [1.54, 1.807) is 91.4 Å². The smallest absolute Gasteiger partial charge is 0.232 e. The molecular formula is C94H88N8O4+4. The van der Waals surface area contributed by atoms with Crippen molar-refractivity contribution in [3.8, 4) is 45.0 Å². The molecule has 16 rings (SSSR count). The van der Waals surface area contributed by atoms with Gasteiger partial charge in [-0.1, -0.05) is 152 Å². The highest BCUT2D eigenvalue weighted by molar-refractivity contribution is 6.17. The second kappa shape index (κ2) is 29.0. The van der Waals surface area contributed by atoms with Gasteiger partial charge in [0.1, 0.15) is 74.2 Å². The Balaban J connectivity index is 0.000000136. The Morgan fingerprint density at radius 3 is 1.04 bits per heavy atom. The van der Waals surface area contributed by atoms with Gasteiger partial charge in [0.25, 0.3) is 0 Å². The fraction of sp³-hybridized carbons (Fsp3) is 0.234. The molecular weight excluding hydrogens is 1310 g/mol. The SMILES string of the molecule is [2H]C(C)(C)c1ccc2c(oc3c(-c4cc(C)cc[n+]4C)c(C)ccc32)c1[N+]#[C-].[2H]C(C)(C)c1ccc2c(oc3c(-c4cccc[n+]4C)c(C)ccc32)c1[N+]#[C-].[2H]C([2H])([2H])c1ccc(-c2c(C)ccc3c2oc2c([N+]#[C-])c(C([2H])(C)C)ccc23)[n+](C)c1.[2H]c1c([2H])c([2H])[n+](C)c(-c2c(C)ccc3c2oc2c([N+]#[C-])c(C([2H])(C)C)ccc23)c1[2H]. The number of pyridine rings is 4. The lowest BCUT2D eigenvalue weighted by molar-refractivity contribution is -0.660. The van der Waals surface area contributed by atoms with Gasteiger partial charge < -0.3 is 17.7 Å². The van der Waals surface area contributed by atoms with Gasteiger partial charge in [-0.3, -0.25) is 0 Å². The first-order valence-corrected chi connectivity index (χ1v) is 34.8. The van der Waals surface area contributed by atoms with Crippen molar-refractivity contribution in [2.24, 2.45) is 28.2 Å². The van der Waals surface area contributed by atoms with Crippen molar-refractivity contribution in [2.75, 3.05) is 0 Å². The largest absolute Gasteiger partial charge is 0.466 e. The van der Waals surface area contributed by atoms with E-state index in [-0.39, 0.29) is 35.6 Å². The maximum absolute atomic E-state index is 8.49. The zero-order valence-corrected chi connectivity index (χ0v) is 62.7. The van der Waals surface area contributed by atoms with Crippen LogP contribution in [0.5, 0.6) is 0 Å². The minimum absolute atomic E-state index is 0.155. The number of rotatable bonds is 8. The lowest BCUT2D eigenvalue weighted by Crippen LogP contribution is -2.31. The van der Waals surface area contributed by atoms with E-state index in [4.69, 9.17) is 59.0 Å². The van der Waals surface area contributed by atoms with Gasteiger partial charge in [-0.05, 0) is 133 Å². The van der Waals surface area contributed by atoms with Crippen molar-refractivity contribution in [3.63, 3.8) is 0 Å². The third-order valence-corrected chi connectivity index (χ3v) is 19.9. The highest BCUT2D eigenvalue weighted by atomic mass is 16.3. The molecule has 0 aliphatic carbocycles. The number of nitrogens with zero attached hydrogens (tertiary/aromatic N) is 8. The summed E-state index contributed by atoms with van der Waals surface area (Å²) in [6.07, 6.45) is 5.52. The molecule has 8 aromatic heterocycles. The summed E-state index contributed by atoms with van der Waals surface area (Å²) in [6, 6.07) is 44.2. The Morgan fingerprint density at radius 2 is 0.689 bits per heavy atom. The molecule has 0 fully saturated rings. The predicted octanol–water partition coefficient (Wildman–Crippen LogP) is 24.9. The lowest BCUT2D eigenvalue weighted by atomic mass is 9.97. The molecule has 524 valence electrons. The van der Waals surface area contributed by atoms with Gasteiger partial charge in [-0.2, -0.15) is 0 Å². The predicted molar refractivity (Wildman–Crippen MR) is 431 cm³/mol. The maximum atomic E-state index is 8.49. The Bertz CT molecular complexity index is 7000. The normalized spacial score (nSPS) is 13.4. The fourth-order valence-electron chi connectivity index (χ4n) is 14.4. The van der Waals surface area contributed by atoms with Crippen LogP contribution in [0.2, 0.25) is 0 Å². The molecule has 0 saturated carbocycles. The number of fused-ring (bicyclic) bond motifs is 12. The monoisotopic (exact) mass is 1400 g/mol. The van der Waals surface area contributed by atoms with E-state index < -0.39 is 30.4 Å². The van der Waals surface area contributed by atoms with E-state index in [1.165, 1.54) is 10.1 Å². The molecule has 0 aliphatic heterocycles. The van der Waals surface area contributed by atoms with Gasteiger partial charge in [-0.15, -0.1) is 0 Å². The standard InChI is InChI=1S/2C24H23N2O.2C23H21N2O/c1-14(2)17-10-11-19-18-9-8-16(4)21(20-12-7-15(3)13-26(20)6)23(18)27-24(19)22(17)25-5;1-14(2)17-9-10-19-18-8-7-16(4)21(20-13-15(3)11-12-26(20)6)23(18)27-24(19)22(17)25-5;2*1-14(2)16-11-12-18-17-10-9-15(3)20(19-8-6-7-13-25(19)5)22(17)26-23(18)21(16)24-4/h2*7-14H,1-4,6H3;2*6-14H,1-3,5H3/q4*+1/i3D3,14D;14D;6D,7D,8D,13D,14D;14D. The van der Waals surface area contributed by atoms with E-state index in [1.807, 2.05) is 120 Å². The summed E-state index contributed by atoms with van der Waals surface area (Å²) >= 11 is 0. The van der Waals surface area contributed by atoms with Gasteiger partial charge in [0, 0.05) is 101 Å². The summed E-state index contributed by atoms with van der Waals surface area (Å²) < 4.78 is 122. The van der Waals surface area contributed by atoms with E-state index in [0.29, 0.717) is 84.1 Å². The Hall–Kier alpha value is -12.5. The summed E-state index contributed by atoms with van der Waals surface area (Å²) in [5.41, 5.74) is 21.0. The molecule has 16 aromatic rings. The molecule has 0 radical (unpaired) electrons. The van der Waals surface area contributed by atoms with Crippen LogP contribution in [-0.2, 0) is 28.2 Å². The lowest BCUT2D eigenvalue weighted by Gasteiger charge is -2.07. The first kappa shape index (κ1) is 59.0. The quantitative estimate of drug-likeness (QED) is 0.112. The molecule has 12 heteroatoms. The van der Waals surface area contributed by atoms with Gasteiger partial charge in [0.05, 0.1) is 52.7 Å². The minimum Gasteiger partial charge on any atom is -0.466 e. The first-order valence-electron chi connectivity index (χ1n) is 40.3. The third-order valence-electron chi connectivity index (χ3n) is 19.9. The van der Waals surface area contributed by atoms with Crippen LogP contribution in [0.25, 0.3) is 152 Å². The maximum Gasteiger partial charge on any atom is 0.232 e. The van der Waals surface area contributed by atoms with Crippen LogP contribution < -0.4 is 18.3 Å². The van der Waals surface area contributed by atoms with Crippen molar-refractivity contribution in [1.29, 1.82) is 0 Å². The van der Waals surface area contributed by atoms with Crippen LogP contribution >= 0.6 is 0 Å². The summed E-state index contributed by atoms with van der Waals surface area (Å²) in [7, 11) is 7.46. The molecule has 8 heterocycles. The van der Waals surface area contributed by atoms with Gasteiger partial charge >= 0.3 is 0 Å². The number of aryl methyl sites for hydroxylation is 9. The highest BCUT2D eigenvalue weighted by Crippen LogP contribution is 2.48. The molecule has 12 nitrogen and oxygen atoms in total. The molecule has 0 saturated heterocycles. The zero-order chi connectivity index (χ0) is 85.1. The average Bonchev–Trinajstić information content (AvgIpc) is 1.62. The van der Waals surface area contributed by atoms with Crippen LogP contribution in [0.1, 0.15) is 150 Å². The number of furan rings is 4. The molecule has 8 aromatic carbocycles. The second-order valence-electron chi connectivity index (χ2n) is 28.0. The average molecular weight is 1400 g/mol. The van der Waals surface area contributed by atoms with E-state index in [0.717, 1.165) is 110 Å². The molecule has 0 spiro atoms. The van der Waals surface area contributed by atoms with Gasteiger partial charge in [-0.25, -0.2) is 37.6 Å².